The lowest BCUT2D eigenvalue weighted by molar-refractivity contribution is 1.31. The maximum absolute atomic E-state index is 4.48. The van der Waals surface area contributed by atoms with E-state index in [1.165, 1.54) is 22.3 Å². The zero-order chi connectivity index (χ0) is 13.9. The molecule has 0 atom stereocenters. The lowest BCUT2D eigenvalue weighted by atomic mass is 10.00. The summed E-state index contributed by atoms with van der Waals surface area (Å²) in [5.41, 5.74) is 7.26. The van der Waals surface area contributed by atoms with Crippen LogP contribution in [0.4, 0.5) is 0 Å². The Morgan fingerprint density at radius 3 is 2.15 bits per heavy atom. The molecule has 20 heavy (non-hydrogen) atoms. The molecule has 3 rings (SSSR count). The monoisotopic (exact) mass is 259 g/mol. The van der Waals surface area contributed by atoms with Crippen molar-refractivity contribution in [2.75, 3.05) is 0 Å². The van der Waals surface area contributed by atoms with Crippen LogP contribution in [-0.2, 0) is 0 Å². The van der Waals surface area contributed by atoms with E-state index in [1.807, 2.05) is 24.4 Å². The highest BCUT2D eigenvalue weighted by atomic mass is 14.7. The summed E-state index contributed by atoms with van der Waals surface area (Å²) in [5.74, 6) is 0. The highest BCUT2D eigenvalue weighted by Gasteiger charge is 2.03. The Labute approximate surface area is 119 Å². The lowest BCUT2D eigenvalue weighted by Gasteiger charge is -2.07. The fourth-order valence-electron chi connectivity index (χ4n) is 2.30. The Hall–Kier alpha value is -2.41. The van der Waals surface area contributed by atoms with Gasteiger partial charge in [0.25, 0.3) is 0 Å². The number of nitrogens with zero attached hydrogens (tertiary/aromatic N) is 1. The summed E-state index contributed by atoms with van der Waals surface area (Å²) < 4.78 is 0. The highest BCUT2D eigenvalue weighted by Crippen LogP contribution is 2.25. The van der Waals surface area contributed by atoms with Crippen molar-refractivity contribution < 1.29 is 0 Å². The molecule has 3 aromatic rings. The molecule has 0 saturated carbocycles. The highest BCUT2D eigenvalue weighted by molar-refractivity contribution is 5.70. The third-order valence-electron chi connectivity index (χ3n) is 3.67. The second-order valence-corrected chi connectivity index (χ2v) is 5.09. The van der Waals surface area contributed by atoms with Gasteiger partial charge in [0.2, 0.25) is 0 Å². The van der Waals surface area contributed by atoms with E-state index in [9.17, 15) is 0 Å². The van der Waals surface area contributed by atoms with Crippen molar-refractivity contribution in [3.63, 3.8) is 0 Å². The van der Waals surface area contributed by atoms with E-state index in [-0.39, 0.29) is 0 Å². The van der Waals surface area contributed by atoms with Crippen LogP contribution in [0.2, 0.25) is 0 Å². The average molecular weight is 259 g/mol. The molecule has 1 heterocycles. The molecule has 0 amide bonds. The first-order valence-electron chi connectivity index (χ1n) is 6.83. The van der Waals surface area contributed by atoms with Gasteiger partial charge in [-0.2, -0.15) is 0 Å². The largest absolute Gasteiger partial charge is 0.256 e. The summed E-state index contributed by atoms with van der Waals surface area (Å²) in [6, 6.07) is 21.1. The van der Waals surface area contributed by atoms with Crippen LogP contribution in [0, 0.1) is 13.8 Å². The number of rotatable bonds is 2. The van der Waals surface area contributed by atoms with Gasteiger partial charge in [-0.1, -0.05) is 48.5 Å². The van der Waals surface area contributed by atoms with Crippen molar-refractivity contribution in [2.24, 2.45) is 0 Å². The number of aromatic nitrogens is 1. The summed E-state index contributed by atoms with van der Waals surface area (Å²) in [7, 11) is 0. The van der Waals surface area contributed by atoms with E-state index in [0.29, 0.717) is 0 Å². The number of aryl methyl sites for hydroxylation is 2. The summed E-state index contributed by atoms with van der Waals surface area (Å²) in [6.07, 6.45) is 1.88. The summed E-state index contributed by atoms with van der Waals surface area (Å²) >= 11 is 0. The maximum Gasteiger partial charge on any atom is 0.0708 e. The molecule has 2 aromatic carbocycles. The first-order valence-corrected chi connectivity index (χ1v) is 6.83. The first-order chi connectivity index (χ1) is 9.74. The van der Waals surface area contributed by atoms with Crippen molar-refractivity contribution in [1.82, 2.24) is 4.98 Å². The minimum Gasteiger partial charge on any atom is -0.256 e. The normalized spacial score (nSPS) is 10.5. The quantitative estimate of drug-likeness (QED) is 0.628. The molecule has 1 heteroatoms. The predicted octanol–water partition coefficient (Wildman–Crippen LogP) is 5.03. The molecule has 0 aliphatic heterocycles. The van der Waals surface area contributed by atoms with Gasteiger partial charge in [0.1, 0.15) is 0 Å². The first kappa shape index (κ1) is 12.6. The minimum absolute atomic E-state index is 1.02. The van der Waals surface area contributed by atoms with Gasteiger partial charge in [0, 0.05) is 11.8 Å². The molecule has 0 aliphatic rings. The van der Waals surface area contributed by atoms with Crippen molar-refractivity contribution in [2.45, 2.75) is 13.8 Å². The number of hydrogen-bond acceptors (Lipinski definition) is 1. The fourth-order valence-corrected chi connectivity index (χ4v) is 2.30. The molecule has 1 nitrogen and oxygen atoms in total. The van der Waals surface area contributed by atoms with Crippen LogP contribution in [0.3, 0.4) is 0 Å². The van der Waals surface area contributed by atoms with Gasteiger partial charge in [-0.25, -0.2) is 0 Å². The van der Waals surface area contributed by atoms with Gasteiger partial charge in [0.05, 0.1) is 5.69 Å². The van der Waals surface area contributed by atoms with Crippen LogP contribution < -0.4 is 0 Å². The Morgan fingerprint density at radius 1 is 0.650 bits per heavy atom. The third kappa shape index (κ3) is 2.48. The topological polar surface area (TPSA) is 12.9 Å². The summed E-state index contributed by atoms with van der Waals surface area (Å²) in [6.45, 7) is 4.29. The van der Waals surface area contributed by atoms with E-state index in [4.69, 9.17) is 0 Å². The molecule has 0 spiro atoms. The van der Waals surface area contributed by atoms with Crippen molar-refractivity contribution in [1.29, 1.82) is 0 Å². The Balaban J connectivity index is 2.05. The number of pyridine rings is 1. The van der Waals surface area contributed by atoms with Crippen LogP contribution in [0.1, 0.15) is 11.1 Å². The molecular formula is C19H17N. The second kappa shape index (κ2) is 5.30. The Bertz CT molecular complexity index is 730. The van der Waals surface area contributed by atoms with E-state index in [1.54, 1.807) is 0 Å². The molecule has 0 saturated heterocycles. The zero-order valence-corrected chi connectivity index (χ0v) is 11.8. The van der Waals surface area contributed by atoms with Crippen LogP contribution in [0.25, 0.3) is 22.4 Å². The fraction of sp³-hybridized carbons (Fsp3) is 0.105. The third-order valence-corrected chi connectivity index (χ3v) is 3.67. The molecule has 0 aliphatic carbocycles. The maximum atomic E-state index is 4.48. The lowest BCUT2D eigenvalue weighted by Crippen LogP contribution is -1.87. The van der Waals surface area contributed by atoms with Gasteiger partial charge in [-0.05, 0) is 48.2 Å². The molecular weight excluding hydrogens is 242 g/mol. The Morgan fingerprint density at radius 2 is 1.40 bits per heavy atom. The van der Waals surface area contributed by atoms with E-state index in [2.05, 4.69) is 61.3 Å². The smallest absolute Gasteiger partial charge is 0.0708 e. The molecule has 0 N–H and O–H groups in total. The van der Waals surface area contributed by atoms with Crippen LogP contribution in [0.5, 0.6) is 0 Å². The van der Waals surface area contributed by atoms with Crippen molar-refractivity contribution >= 4 is 0 Å². The second-order valence-electron chi connectivity index (χ2n) is 5.09. The molecule has 0 fully saturated rings. The zero-order valence-electron chi connectivity index (χ0n) is 11.8. The number of hydrogen-bond donors (Lipinski definition) is 0. The standard InChI is InChI=1S/C19H17N/c1-14-8-9-17(12-15(14)2)18-10-11-20-19(13-18)16-6-4-3-5-7-16/h3-13H,1-2H3. The van der Waals surface area contributed by atoms with E-state index < -0.39 is 0 Å². The molecule has 1 aromatic heterocycles. The molecule has 0 bridgehead atoms. The van der Waals surface area contributed by atoms with Gasteiger partial charge < -0.3 is 0 Å². The van der Waals surface area contributed by atoms with Crippen LogP contribution >= 0.6 is 0 Å². The van der Waals surface area contributed by atoms with Crippen molar-refractivity contribution in [3.05, 3.63) is 78.0 Å². The Kier molecular flexibility index (Phi) is 3.34. The molecule has 98 valence electrons. The number of benzene rings is 2. The van der Waals surface area contributed by atoms with Crippen LogP contribution in [0.15, 0.2) is 66.9 Å². The van der Waals surface area contributed by atoms with Gasteiger partial charge in [0.15, 0.2) is 0 Å². The SMILES string of the molecule is Cc1ccc(-c2ccnc(-c3ccccc3)c2)cc1C. The van der Waals surface area contributed by atoms with Gasteiger partial charge in [-0.15, -0.1) is 0 Å². The van der Waals surface area contributed by atoms with Gasteiger partial charge >= 0.3 is 0 Å². The van der Waals surface area contributed by atoms with E-state index in [0.717, 1.165) is 11.3 Å². The molecule has 0 unspecified atom stereocenters. The summed E-state index contributed by atoms with van der Waals surface area (Å²) in [4.78, 5) is 4.48. The predicted molar refractivity (Wildman–Crippen MR) is 84.6 cm³/mol. The summed E-state index contributed by atoms with van der Waals surface area (Å²) in [5, 5.41) is 0. The van der Waals surface area contributed by atoms with Crippen LogP contribution in [-0.4, -0.2) is 4.98 Å². The van der Waals surface area contributed by atoms with Gasteiger partial charge in [-0.3, -0.25) is 4.98 Å². The van der Waals surface area contributed by atoms with Crippen molar-refractivity contribution in [3.8, 4) is 22.4 Å². The van der Waals surface area contributed by atoms with E-state index >= 15 is 0 Å². The minimum atomic E-state index is 1.02. The molecule has 0 radical (unpaired) electrons. The average Bonchev–Trinajstić information content (AvgIpc) is 2.51.